The van der Waals surface area contributed by atoms with Crippen LogP contribution >= 0.6 is 23.2 Å². The van der Waals surface area contributed by atoms with E-state index in [4.69, 9.17) is 23.2 Å². The number of aromatic nitrogens is 3. The number of hydrogen-bond acceptors (Lipinski definition) is 4. The summed E-state index contributed by atoms with van der Waals surface area (Å²) in [5, 5.41) is 0.130. The molecule has 0 N–H and O–H groups in total. The lowest BCUT2D eigenvalue weighted by atomic mass is 10.3. The zero-order valence-electron chi connectivity index (χ0n) is 9.42. The Morgan fingerprint density at radius 3 is 2.22 bits per heavy atom. The SMILES string of the molecule is C=CCN(c1ccccc1)c1nc(Cl)nc(Cl)n1. The average molecular weight is 281 g/mol. The molecule has 1 aromatic heterocycles. The Bertz CT molecular complexity index is 525. The van der Waals surface area contributed by atoms with E-state index in [1.807, 2.05) is 35.2 Å². The second-order valence-corrected chi connectivity index (χ2v) is 4.08. The summed E-state index contributed by atoms with van der Waals surface area (Å²) in [5.74, 6) is 0.395. The van der Waals surface area contributed by atoms with Gasteiger partial charge in [0.25, 0.3) is 0 Å². The standard InChI is InChI=1S/C12H10Cl2N4/c1-2-8-18(9-6-4-3-5-7-9)12-16-10(13)15-11(14)17-12/h2-7H,1,8H2. The van der Waals surface area contributed by atoms with Crippen molar-refractivity contribution in [3.05, 3.63) is 53.6 Å². The molecular formula is C12H10Cl2N4. The number of halogens is 2. The number of nitrogens with zero attached hydrogens (tertiary/aromatic N) is 4. The molecule has 0 saturated carbocycles. The fraction of sp³-hybridized carbons (Fsp3) is 0.0833. The normalized spacial score (nSPS) is 10.1. The van der Waals surface area contributed by atoms with Crippen LogP contribution in [0.25, 0.3) is 0 Å². The van der Waals surface area contributed by atoms with E-state index in [-0.39, 0.29) is 10.6 Å². The Morgan fingerprint density at radius 2 is 1.67 bits per heavy atom. The van der Waals surface area contributed by atoms with E-state index in [9.17, 15) is 0 Å². The van der Waals surface area contributed by atoms with Gasteiger partial charge in [-0.15, -0.1) is 6.58 Å². The summed E-state index contributed by atoms with van der Waals surface area (Å²) >= 11 is 11.6. The molecule has 18 heavy (non-hydrogen) atoms. The molecule has 6 heteroatoms. The minimum absolute atomic E-state index is 0.0648. The largest absolute Gasteiger partial charge is 0.307 e. The van der Waals surface area contributed by atoms with Crippen molar-refractivity contribution in [2.45, 2.75) is 0 Å². The molecular weight excluding hydrogens is 271 g/mol. The van der Waals surface area contributed by atoms with E-state index in [0.717, 1.165) is 5.69 Å². The van der Waals surface area contributed by atoms with E-state index >= 15 is 0 Å². The zero-order valence-corrected chi connectivity index (χ0v) is 10.9. The third kappa shape index (κ3) is 2.97. The van der Waals surface area contributed by atoms with Crippen LogP contribution in [-0.2, 0) is 0 Å². The Balaban J connectivity index is 2.44. The number of anilines is 2. The quantitative estimate of drug-likeness (QED) is 0.804. The summed E-state index contributed by atoms with van der Waals surface area (Å²) in [6.45, 7) is 4.26. The summed E-state index contributed by atoms with van der Waals surface area (Å²) in [5.41, 5.74) is 0.927. The van der Waals surface area contributed by atoms with Gasteiger partial charge in [0.15, 0.2) is 0 Å². The molecule has 0 aliphatic rings. The van der Waals surface area contributed by atoms with E-state index in [1.165, 1.54) is 0 Å². The molecule has 0 aliphatic heterocycles. The van der Waals surface area contributed by atoms with Crippen LogP contribution in [0.15, 0.2) is 43.0 Å². The predicted molar refractivity (Wildman–Crippen MR) is 73.5 cm³/mol. The Morgan fingerprint density at radius 1 is 1.06 bits per heavy atom. The van der Waals surface area contributed by atoms with Crippen molar-refractivity contribution in [2.24, 2.45) is 0 Å². The first-order chi connectivity index (χ1) is 8.70. The molecule has 0 unspecified atom stereocenters. The topological polar surface area (TPSA) is 41.9 Å². The van der Waals surface area contributed by atoms with E-state index in [2.05, 4.69) is 21.5 Å². The summed E-state index contributed by atoms with van der Waals surface area (Å²) < 4.78 is 0. The maximum atomic E-state index is 5.78. The molecule has 1 heterocycles. The second kappa shape index (κ2) is 5.80. The van der Waals surface area contributed by atoms with Crippen LogP contribution in [-0.4, -0.2) is 21.5 Å². The molecule has 0 fully saturated rings. The Hall–Kier alpha value is -1.65. The molecule has 92 valence electrons. The van der Waals surface area contributed by atoms with Crippen LogP contribution < -0.4 is 4.90 Å². The Kier molecular flexibility index (Phi) is 4.12. The lowest BCUT2D eigenvalue weighted by Crippen LogP contribution is -2.19. The summed E-state index contributed by atoms with van der Waals surface area (Å²) in [7, 11) is 0. The highest BCUT2D eigenvalue weighted by Crippen LogP contribution is 2.23. The lowest BCUT2D eigenvalue weighted by molar-refractivity contribution is 0.951. The molecule has 0 aliphatic carbocycles. The maximum Gasteiger partial charge on any atom is 0.235 e. The molecule has 0 spiro atoms. The second-order valence-electron chi connectivity index (χ2n) is 3.41. The lowest BCUT2D eigenvalue weighted by Gasteiger charge is -2.20. The molecule has 0 bridgehead atoms. The number of benzene rings is 1. The molecule has 0 radical (unpaired) electrons. The van der Waals surface area contributed by atoms with Crippen molar-refractivity contribution >= 4 is 34.8 Å². The van der Waals surface area contributed by atoms with Gasteiger partial charge in [0.2, 0.25) is 16.5 Å². The van der Waals surface area contributed by atoms with Crippen molar-refractivity contribution < 1.29 is 0 Å². The van der Waals surface area contributed by atoms with Crippen LogP contribution in [0, 0.1) is 0 Å². The van der Waals surface area contributed by atoms with Crippen molar-refractivity contribution in [1.29, 1.82) is 0 Å². The highest BCUT2D eigenvalue weighted by molar-refractivity contribution is 6.31. The molecule has 2 rings (SSSR count). The van der Waals surface area contributed by atoms with Gasteiger partial charge in [-0.25, -0.2) is 0 Å². The van der Waals surface area contributed by atoms with Gasteiger partial charge in [-0.3, -0.25) is 0 Å². The smallest absolute Gasteiger partial charge is 0.235 e. The highest BCUT2D eigenvalue weighted by Gasteiger charge is 2.12. The number of para-hydroxylation sites is 1. The van der Waals surface area contributed by atoms with Crippen molar-refractivity contribution in [3.63, 3.8) is 0 Å². The predicted octanol–water partition coefficient (Wildman–Crippen LogP) is 3.50. The number of hydrogen-bond donors (Lipinski definition) is 0. The molecule has 0 amide bonds. The van der Waals surface area contributed by atoms with E-state index in [1.54, 1.807) is 6.08 Å². The molecule has 4 nitrogen and oxygen atoms in total. The van der Waals surface area contributed by atoms with E-state index in [0.29, 0.717) is 12.5 Å². The van der Waals surface area contributed by atoms with Crippen LogP contribution in [0.2, 0.25) is 10.6 Å². The van der Waals surface area contributed by atoms with Gasteiger partial charge >= 0.3 is 0 Å². The van der Waals surface area contributed by atoms with Gasteiger partial charge in [-0.05, 0) is 35.3 Å². The monoisotopic (exact) mass is 280 g/mol. The van der Waals surface area contributed by atoms with Crippen LogP contribution in [0.1, 0.15) is 0 Å². The first-order valence-electron chi connectivity index (χ1n) is 5.21. The average Bonchev–Trinajstić information content (AvgIpc) is 2.36. The van der Waals surface area contributed by atoms with Gasteiger partial charge in [-0.2, -0.15) is 15.0 Å². The Labute approximate surface area is 115 Å². The van der Waals surface area contributed by atoms with Crippen molar-refractivity contribution in [1.82, 2.24) is 15.0 Å². The highest BCUT2D eigenvalue weighted by atomic mass is 35.5. The fourth-order valence-electron chi connectivity index (χ4n) is 1.48. The van der Waals surface area contributed by atoms with Crippen LogP contribution in [0.5, 0.6) is 0 Å². The van der Waals surface area contributed by atoms with Gasteiger partial charge < -0.3 is 4.90 Å². The molecule has 2 aromatic rings. The van der Waals surface area contributed by atoms with Crippen LogP contribution in [0.4, 0.5) is 11.6 Å². The minimum Gasteiger partial charge on any atom is -0.307 e. The molecule has 0 atom stereocenters. The van der Waals surface area contributed by atoms with Crippen LogP contribution in [0.3, 0.4) is 0 Å². The minimum atomic E-state index is 0.0648. The van der Waals surface area contributed by atoms with Gasteiger partial charge in [0, 0.05) is 12.2 Å². The third-order valence-electron chi connectivity index (χ3n) is 2.19. The maximum absolute atomic E-state index is 5.78. The third-order valence-corrected chi connectivity index (χ3v) is 2.53. The van der Waals surface area contributed by atoms with Gasteiger partial charge in [-0.1, -0.05) is 24.3 Å². The summed E-state index contributed by atoms with van der Waals surface area (Å²) in [6.07, 6.45) is 1.75. The summed E-state index contributed by atoms with van der Waals surface area (Å²) in [4.78, 5) is 13.7. The molecule has 1 aromatic carbocycles. The molecule has 0 saturated heterocycles. The van der Waals surface area contributed by atoms with Crippen molar-refractivity contribution in [3.8, 4) is 0 Å². The fourth-order valence-corrected chi connectivity index (χ4v) is 1.83. The van der Waals surface area contributed by atoms with Crippen molar-refractivity contribution in [2.75, 3.05) is 11.4 Å². The van der Waals surface area contributed by atoms with E-state index < -0.39 is 0 Å². The zero-order chi connectivity index (χ0) is 13.0. The summed E-state index contributed by atoms with van der Waals surface area (Å²) in [6, 6.07) is 9.67. The first kappa shape index (κ1) is 12.8. The van der Waals surface area contributed by atoms with Gasteiger partial charge in [0.1, 0.15) is 0 Å². The number of rotatable bonds is 4. The van der Waals surface area contributed by atoms with Gasteiger partial charge in [0.05, 0.1) is 0 Å². The first-order valence-corrected chi connectivity index (χ1v) is 5.97.